The largest absolute Gasteiger partial charge is 0.467 e. The lowest BCUT2D eigenvalue weighted by molar-refractivity contribution is -0.127. The summed E-state index contributed by atoms with van der Waals surface area (Å²) in [4.78, 5) is 38.4. The van der Waals surface area contributed by atoms with Gasteiger partial charge in [-0.15, -0.1) is 0 Å². The number of benzene rings is 1. The summed E-state index contributed by atoms with van der Waals surface area (Å²) in [5.74, 6) is 0.434. The van der Waals surface area contributed by atoms with Gasteiger partial charge in [0.2, 0.25) is 5.91 Å². The van der Waals surface area contributed by atoms with E-state index in [0.29, 0.717) is 46.8 Å². The summed E-state index contributed by atoms with van der Waals surface area (Å²) < 4.78 is 26.0. The number of amides is 1. The summed E-state index contributed by atoms with van der Waals surface area (Å²) in [6.45, 7) is 4.86. The minimum absolute atomic E-state index is 0.0573. The van der Waals surface area contributed by atoms with Gasteiger partial charge in [-0.2, -0.15) is 0 Å². The Morgan fingerprint density at radius 2 is 2.02 bits per heavy atom. The summed E-state index contributed by atoms with van der Waals surface area (Å²) in [6.07, 6.45) is 9.51. The Labute approximate surface area is 238 Å². The van der Waals surface area contributed by atoms with Crippen molar-refractivity contribution in [2.75, 3.05) is 25.5 Å². The summed E-state index contributed by atoms with van der Waals surface area (Å²) in [5.41, 5.74) is 3.28. The smallest absolute Gasteiger partial charge is 0.316 e. The van der Waals surface area contributed by atoms with Crippen molar-refractivity contribution in [1.82, 2.24) is 34.8 Å². The van der Waals surface area contributed by atoms with Crippen LogP contribution in [0.15, 0.2) is 61.2 Å². The highest BCUT2D eigenvalue weighted by Crippen LogP contribution is 2.37. The minimum atomic E-state index is -0.511. The molecule has 1 fully saturated rings. The number of aromatic amines is 1. The SMILES string of the molecule is C=CC(=O)N1CCC(c2c[nH]c3ncnc(Nc4ccc(Oc5nc(-c6cnc(OC)nc6)cs5)cc4F)c23)CC1. The van der Waals surface area contributed by atoms with E-state index in [2.05, 4.69) is 41.8 Å². The molecule has 4 aromatic heterocycles. The van der Waals surface area contributed by atoms with Crippen LogP contribution in [0.1, 0.15) is 24.3 Å². The highest BCUT2D eigenvalue weighted by Gasteiger charge is 2.26. The maximum atomic E-state index is 15.2. The molecule has 5 heterocycles. The van der Waals surface area contributed by atoms with Crippen LogP contribution in [0.3, 0.4) is 0 Å². The van der Waals surface area contributed by atoms with Gasteiger partial charge >= 0.3 is 6.01 Å². The van der Waals surface area contributed by atoms with Gasteiger partial charge in [-0.3, -0.25) is 4.79 Å². The molecular weight excluding hydrogens is 547 g/mol. The average molecular weight is 573 g/mol. The van der Waals surface area contributed by atoms with Crippen molar-refractivity contribution >= 4 is 39.8 Å². The molecule has 0 aliphatic carbocycles. The number of fused-ring (bicyclic) bond motifs is 1. The first-order valence-corrected chi connectivity index (χ1v) is 13.7. The van der Waals surface area contributed by atoms with E-state index in [4.69, 9.17) is 9.47 Å². The van der Waals surface area contributed by atoms with Crippen LogP contribution in [0.4, 0.5) is 15.9 Å². The highest BCUT2D eigenvalue weighted by atomic mass is 32.1. The molecule has 41 heavy (non-hydrogen) atoms. The number of aromatic nitrogens is 6. The topological polar surface area (TPSA) is 131 Å². The molecule has 0 radical (unpaired) electrons. The number of hydrogen-bond donors (Lipinski definition) is 2. The number of thiazole rings is 1. The molecule has 1 saturated heterocycles. The Kier molecular flexibility index (Phi) is 7.25. The maximum Gasteiger partial charge on any atom is 0.316 e. The van der Waals surface area contributed by atoms with Crippen molar-refractivity contribution < 1.29 is 18.7 Å². The van der Waals surface area contributed by atoms with Crippen LogP contribution in [0.25, 0.3) is 22.3 Å². The van der Waals surface area contributed by atoms with E-state index < -0.39 is 5.82 Å². The maximum absolute atomic E-state index is 15.2. The van der Waals surface area contributed by atoms with E-state index >= 15 is 4.39 Å². The van der Waals surface area contributed by atoms with E-state index in [1.807, 2.05) is 11.6 Å². The number of carbonyl (C=O) groups is 1. The van der Waals surface area contributed by atoms with Gasteiger partial charge in [0.1, 0.15) is 29.4 Å². The van der Waals surface area contributed by atoms with Gasteiger partial charge < -0.3 is 24.7 Å². The van der Waals surface area contributed by atoms with Crippen LogP contribution in [-0.2, 0) is 4.79 Å². The number of nitrogens with one attached hydrogen (secondary N) is 2. The van der Waals surface area contributed by atoms with Crippen molar-refractivity contribution in [3.8, 4) is 28.2 Å². The lowest BCUT2D eigenvalue weighted by Gasteiger charge is -2.31. The van der Waals surface area contributed by atoms with E-state index in [0.717, 1.165) is 23.8 Å². The molecule has 6 rings (SSSR count). The molecule has 13 heteroatoms. The van der Waals surface area contributed by atoms with Crippen molar-refractivity contribution in [3.63, 3.8) is 0 Å². The van der Waals surface area contributed by atoms with Gasteiger partial charge in [-0.25, -0.2) is 29.3 Å². The molecule has 0 unspecified atom stereocenters. The van der Waals surface area contributed by atoms with E-state index in [1.54, 1.807) is 29.4 Å². The third-order valence-corrected chi connectivity index (χ3v) is 7.63. The number of H-pyrrole nitrogens is 1. The second kappa shape index (κ2) is 11.3. The molecule has 0 bridgehead atoms. The van der Waals surface area contributed by atoms with Gasteiger partial charge in [-0.05, 0) is 42.5 Å². The first-order chi connectivity index (χ1) is 20.0. The Morgan fingerprint density at radius 1 is 1.22 bits per heavy atom. The van der Waals surface area contributed by atoms with Gasteiger partial charge in [0.05, 0.1) is 23.9 Å². The lowest BCUT2D eigenvalue weighted by atomic mass is 9.89. The number of halogens is 1. The number of nitrogens with zero attached hydrogens (tertiary/aromatic N) is 6. The fourth-order valence-corrected chi connectivity index (χ4v) is 5.52. The van der Waals surface area contributed by atoms with Gasteiger partial charge in [0.15, 0.2) is 0 Å². The zero-order valence-corrected chi connectivity index (χ0v) is 22.8. The Hall–Kier alpha value is -4.91. The number of methoxy groups -OCH3 is 1. The molecule has 1 amide bonds. The summed E-state index contributed by atoms with van der Waals surface area (Å²) in [6, 6.07) is 4.81. The molecule has 11 nitrogen and oxygen atoms in total. The molecule has 0 saturated carbocycles. The number of likely N-dealkylation sites (tertiary alicyclic amines) is 1. The molecule has 1 aliphatic rings. The molecule has 0 spiro atoms. The van der Waals surface area contributed by atoms with Gasteiger partial charge in [-0.1, -0.05) is 17.9 Å². The monoisotopic (exact) mass is 572 g/mol. The Morgan fingerprint density at radius 3 is 2.76 bits per heavy atom. The zero-order chi connectivity index (χ0) is 28.3. The highest BCUT2D eigenvalue weighted by molar-refractivity contribution is 7.11. The number of hydrogen-bond acceptors (Lipinski definition) is 10. The van der Waals surface area contributed by atoms with Gasteiger partial charge in [0.25, 0.3) is 5.19 Å². The number of ether oxygens (including phenoxy) is 2. The van der Waals surface area contributed by atoms with Crippen molar-refractivity contribution in [1.29, 1.82) is 0 Å². The average Bonchev–Trinajstić information content (AvgIpc) is 3.66. The second-order valence-corrected chi connectivity index (χ2v) is 10.1. The van der Waals surface area contributed by atoms with Crippen molar-refractivity contribution in [2.45, 2.75) is 18.8 Å². The summed E-state index contributed by atoms with van der Waals surface area (Å²) >= 11 is 1.28. The van der Waals surface area contributed by atoms with Crippen molar-refractivity contribution in [2.24, 2.45) is 0 Å². The number of rotatable bonds is 8. The van der Waals surface area contributed by atoms with Crippen LogP contribution >= 0.6 is 11.3 Å². The standard InChI is InChI=1S/C28H25FN8O3S/c1-3-23(38)37-8-6-16(7-9-37)19-13-30-25-24(19)26(34-15-33-25)35-21-5-4-18(10-20(21)29)40-28-36-22(14-41-28)17-11-31-27(39-2)32-12-17/h3-5,10-16H,1,6-9H2,2H3,(H2,30,33,34,35). The predicted molar refractivity (Wildman–Crippen MR) is 152 cm³/mol. The van der Waals surface area contributed by atoms with Crippen LogP contribution in [-0.4, -0.2) is 60.9 Å². The van der Waals surface area contributed by atoms with Gasteiger partial charge in [0, 0.05) is 48.7 Å². The van der Waals surface area contributed by atoms with Crippen LogP contribution in [0.5, 0.6) is 17.0 Å². The first-order valence-electron chi connectivity index (χ1n) is 12.8. The molecular formula is C28H25FN8O3S. The minimum Gasteiger partial charge on any atom is -0.467 e. The molecule has 2 N–H and O–H groups in total. The number of carbonyl (C=O) groups excluding carboxylic acids is 1. The molecule has 5 aromatic rings. The first kappa shape index (κ1) is 26.3. The van der Waals surface area contributed by atoms with E-state index in [1.165, 1.54) is 36.9 Å². The Bertz CT molecular complexity index is 1710. The second-order valence-electron chi connectivity index (χ2n) is 9.32. The molecule has 1 aromatic carbocycles. The van der Waals surface area contributed by atoms with Crippen molar-refractivity contribution in [3.05, 3.63) is 72.5 Å². The molecule has 0 atom stereocenters. The summed E-state index contributed by atoms with van der Waals surface area (Å²) in [7, 11) is 1.50. The lowest BCUT2D eigenvalue weighted by Crippen LogP contribution is -2.36. The zero-order valence-electron chi connectivity index (χ0n) is 22.0. The predicted octanol–water partition coefficient (Wildman–Crippen LogP) is 5.45. The third kappa shape index (κ3) is 5.43. The van der Waals surface area contributed by atoms with Crippen LogP contribution in [0.2, 0.25) is 0 Å². The number of piperidine rings is 1. The fraction of sp³-hybridized carbons (Fsp3) is 0.214. The van der Waals surface area contributed by atoms with E-state index in [9.17, 15) is 4.79 Å². The number of anilines is 2. The molecule has 208 valence electrons. The normalized spacial score (nSPS) is 13.8. The quantitative estimate of drug-likeness (QED) is 0.233. The van der Waals surface area contributed by atoms with Crippen LogP contribution in [0, 0.1) is 5.82 Å². The third-order valence-electron chi connectivity index (χ3n) is 6.91. The molecule has 1 aliphatic heterocycles. The summed E-state index contributed by atoms with van der Waals surface area (Å²) in [5, 5.41) is 6.09. The van der Waals surface area contributed by atoms with Crippen LogP contribution < -0.4 is 14.8 Å². The fourth-order valence-electron chi connectivity index (χ4n) is 4.82. The van der Waals surface area contributed by atoms with E-state index in [-0.39, 0.29) is 23.5 Å². The Balaban J connectivity index is 1.18.